The molecule has 0 spiro atoms. The van der Waals surface area contributed by atoms with E-state index in [1.165, 1.54) is 0 Å². The van der Waals surface area contributed by atoms with Crippen molar-refractivity contribution in [3.63, 3.8) is 0 Å². The smallest absolute Gasteiger partial charge is 0.201 e. The number of fused-ring (bicyclic) bond motifs is 2. The van der Waals surface area contributed by atoms with E-state index < -0.39 is 0 Å². The number of nitrogens with zero attached hydrogens (tertiary/aromatic N) is 5. The van der Waals surface area contributed by atoms with Gasteiger partial charge < -0.3 is 0 Å². The molecule has 1 aromatic carbocycles. The highest BCUT2D eigenvalue weighted by molar-refractivity contribution is 5.97. The van der Waals surface area contributed by atoms with E-state index in [0.717, 1.165) is 38.7 Å². The minimum atomic E-state index is 0.615. The van der Waals surface area contributed by atoms with Crippen molar-refractivity contribution in [2.45, 2.75) is 0 Å². The SMILES string of the molecule is c1cc(-c2ccnc3ccc(-c4cnc5nn[nH]c5c4)cc23)ccn1. The van der Waals surface area contributed by atoms with Crippen LogP contribution in [0.3, 0.4) is 0 Å². The minimum absolute atomic E-state index is 0.615. The first-order chi connectivity index (χ1) is 12.4. The molecule has 5 aromatic rings. The van der Waals surface area contributed by atoms with Crippen molar-refractivity contribution >= 4 is 22.1 Å². The van der Waals surface area contributed by atoms with Crippen molar-refractivity contribution in [2.24, 2.45) is 0 Å². The maximum Gasteiger partial charge on any atom is 0.201 e. The van der Waals surface area contributed by atoms with Gasteiger partial charge in [0.1, 0.15) is 5.52 Å². The summed E-state index contributed by atoms with van der Waals surface area (Å²) < 4.78 is 0. The van der Waals surface area contributed by atoms with Gasteiger partial charge >= 0.3 is 0 Å². The van der Waals surface area contributed by atoms with Crippen LogP contribution in [-0.2, 0) is 0 Å². The second-order valence-corrected chi connectivity index (χ2v) is 5.73. The molecule has 6 heteroatoms. The van der Waals surface area contributed by atoms with Gasteiger partial charge in [-0.3, -0.25) is 15.1 Å². The Labute approximate surface area is 142 Å². The third kappa shape index (κ3) is 2.31. The molecule has 0 aliphatic heterocycles. The summed E-state index contributed by atoms with van der Waals surface area (Å²) in [6.07, 6.45) is 7.25. The lowest BCUT2D eigenvalue weighted by Crippen LogP contribution is -1.87. The van der Waals surface area contributed by atoms with Crippen molar-refractivity contribution < 1.29 is 0 Å². The van der Waals surface area contributed by atoms with Crippen LogP contribution < -0.4 is 0 Å². The number of benzene rings is 1. The van der Waals surface area contributed by atoms with Crippen LogP contribution in [0.1, 0.15) is 0 Å². The van der Waals surface area contributed by atoms with Crippen molar-refractivity contribution in [3.8, 4) is 22.3 Å². The van der Waals surface area contributed by atoms with Gasteiger partial charge in [0.25, 0.3) is 0 Å². The third-order valence-electron chi connectivity index (χ3n) is 4.25. The Hall–Kier alpha value is -3.67. The van der Waals surface area contributed by atoms with Crippen LogP contribution in [0.15, 0.2) is 67.3 Å². The van der Waals surface area contributed by atoms with Crippen LogP contribution in [0.25, 0.3) is 44.3 Å². The van der Waals surface area contributed by atoms with Crippen molar-refractivity contribution in [1.29, 1.82) is 0 Å². The Bertz CT molecular complexity index is 1200. The van der Waals surface area contributed by atoms with Crippen LogP contribution >= 0.6 is 0 Å². The molecule has 118 valence electrons. The molecular formula is C19H12N6. The Morgan fingerprint density at radius 2 is 1.68 bits per heavy atom. The standard InChI is InChI=1S/C19H12N6/c1-2-17-16(15(5-8-21-17)12-3-6-20-7-4-12)9-13(1)14-10-18-19(22-11-14)24-25-23-18/h1-11H,(H,22,23,24,25). The highest BCUT2D eigenvalue weighted by Gasteiger charge is 2.08. The van der Waals surface area contributed by atoms with Crippen molar-refractivity contribution in [1.82, 2.24) is 30.4 Å². The van der Waals surface area contributed by atoms with E-state index in [1.54, 1.807) is 12.4 Å². The minimum Gasteiger partial charge on any atom is -0.265 e. The lowest BCUT2D eigenvalue weighted by atomic mass is 9.98. The first-order valence-electron chi connectivity index (χ1n) is 7.85. The van der Waals surface area contributed by atoms with Crippen LogP contribution in [-0.4, -0.2) is 30.4 Å². The molecule has 0 fully saturated rings. The molecule has 0 saturated carbocycles. The zero-order chi connectivity index (χ0) is 16.6. The number of hydrogen-bond acceptors (Lipinski definition) is 5. The number of nitrogens with one attached hydrogen (secondary N) is 1. The summed E-state index contributed by atoms with van der Waals surface area (Å²) in [5.41, 5.74) is 6.71. The molecule has 1 N–H and O–H groups in total. The van der Waals surface area contributed by atoms with Crippen LogP contribution in [0.5, 0.6) is 0 Å². The average molecular weight is 324 g/mol. The molecule has 0 aliphatic rings. The monoisotopic (exact) mass is 324 g/mol. The summed E-state index contributed by atoms with van der Waals surface area (Å²) in [6.45, 7) is 0. The summed E-state index contributed by atoms with van der Waals surface area (Å²) in [5.74, 6) is 0. The normalized spacial score (nSPS) is 11.2. The molecule has 6 nitrogen and oxygen atoms in total. The van der Waals surface area contributed by atoms with Crippen LogP contribution in [0.4, 0.5) is 0 Å². The van der Waals surface area contributed by atoms with Crippen molar-refractivity contribution in [2.75, 3.05) is 0 Å². The molecule has 4 heterocycles. The largest absolute Gasteiger partial charge is 0.265 e. The summed E-state index contributed by atoms with van der Waals surface area (Å²) in [4.78, 5) is 12.9. The fourth-order valence-electron chi connectivity index (χ4n) is 3.01. The Balaban J connectivity index is 1.72. The zero-order valence-electron chi connectivity index (χ0n) is 13.1. The number of aromatic amines is 1. The predicted octanol–water partition coefficient (Wildman–Crippen LogP) is 3.63. The first-order valence-corrected chi connectivity index (χ1v) is 7.85. The van der Waals surface area contributed by atoms with E-state index in [-0.39, 0.29) is 0 Å². The van der Waals surface area contributed by atoms with Gasteiger partial charge in [-0.15, -0.1) is 5.10 Å². The fourth-order valence-corrected chi connectivity index (χ4v) is 3.01. The maximum atomic E-state index is 4.49. The summed E-state index contributed by atoms with van der Waals surface area (Å²) in [6, 6.07) is 14.3. The quantitative estimate of drug-likeness (QED) is 0.536. The zero-order valence-corrected chi connectivity index (χ0v) is 13.1. The highest BCUT2D eigenvalue weighted by Crippen LogP contribution is 2.31. The topological polar surface area (TPSA) is 80.2 Å². The molecule has 0 aliphatic carbocycles. The lowest BCUT2D eigenvalue weighted by molar-refractivity contribution is 0.954. The molecule has 0 unspecified atom stereocenters. The van der Waals surface area contributed by atoms with Crippen molar-refractivity contribution in [3.05, 3.63) is 67.3 Å². The van der Waals surface area contributed by atoms with E-state index in [4.69, 9.17) is 0 Å². The van der Waals surface area contributed by atoms with Gasteiger partial charge in [-0.05, 0) is 53.1 Å². The van der Waals surface area contributed by atoms with Gasteiger partial charge in [0.2, 0.25) is 5.65 Å². The molecule has 0 amide bonds. The van der Waals surface area contributed by atoms with Gasteiger partial charge in [-0.2, -0.15) is 0 Å². The molecule has 5 rings (SSSR count). The summed E-state index contributed by atoms with van der Waals surface area (Å²) >= 11 is 0. The molecular weight excluding hydrogens is 312 g/mol. The molecule has 0 bridgehead atoms. The second kappa shape index (κ2) is 5.45. The molecule has 0 radical (unpaired) electrons. The predicted molar refractivity (Wildman–Crippen MR) is 95.7 cm³/mol. The molecule has 0 saturated heterocycles. The van der Waals surface area contributed by atoms with Gasteiger partial charge in [-0.25, -0.2) is 4.98 Å². The Kier molecular flexibility index (Phi) is 3.00. The Morgan fingerprint density at radius 1 is 0.760 bits per heavy atom. The maximum absolute atomic E-state index is 4.49. The molecule has 0 atom stereocenters. The van der Waals surface area contributed by atoms with E-state index in [2.05, 4.69) is 42.5 Å². The highest BCUT2D eigenvalue weighted by atomic mass is 15.3. The molecule has 4 aromatic heterocycles. The average Bonchev–Trinajstić information content (AvgIpc) is 3.15. The van der Waals surface area contributed by atoms with Gasteiger partial charge in [0, 0.05) is 35.7 Å². The number of H-pyrrole nitrogens is 1. The van der Waals surface area contributed by atoms with E-state index >= 15 is 0 Å². The number of hydrogen-bond donors (Lipinski definition) is 1. The Morgan fingerprint density at radius 3 is 2.60 bits per heavy atom. The number of rotatable bonds is 2. The van der Waals surface area contributed by atoms with Gasteiger partial charge in [-0.1, -0.05) is 11.3 Å². The van der Waals surface area contributed by atoms with Crippen LogP contribution in [0.2, 0.25) is 0 Å². The van der Waals surface area contributed by atoms with E-state index in [9.17, 15) is 0 Å². The number of pyridine rings is 3. The lowest BCUT2D eigenvalue weighted by Gasteiger charge is -2.08. The summed E-state index contributed by atoms with van der Waals surface area (Å²) in [5, 5.41) is 11.7. The third-order valence-corrected chi connectivity index (χ3v) is 4.25. The fraction of sp³-hybridized carbons (Fsp3) is 0. The van der Waals surface area contributed by atoms with Gasteiger partial charge in [0.15, 0.2) is 0 Å². The molecule has 25 heavy (non-hydrogen) atoms. The second-order valence-electron chi connectivity index (χ2n) is 5.73. The van der Waals surface area contributed by atoms with E-state index in [0.29, 0.717) is 5.65 Å². The first kappa shape index (κ1) is 13.7. The summed E-state index contributed by atoms with van der Waals surface area (Å²) in [7, 11) is 0. The van der Waals surface area contributed by atoms with E-state index in [1.807, 2.05) is 42.7 Å². The van der Waals surface area contributed by atoms with Gasteiger partial charge in [0.05, 0.1) is 5.52 Å². The number of aromatic nitrogens is 6. The van der Waals surface area contributed by atoms with Crippen LogP contribution in [0, 0.1) is 0 Å².